The topological polar surface area (TPSA) is 103 Å². The van der Waals surface area contributed by atoms with Crippen LogP contribution in [0.5, 0.6) is 5.75 Å². The Morgan fingerprint density at radius 3 is 2.68 bits per heavy atom. The van der Waals surface area contributed by atoms with E-state index in [1.165, 1.54) is 6.20 Å². The first-order chi connectivity index (χ1) is 11.8. The predicted molar refractivity (Wildman–Crippen MR) is 90.7 cm³/mol. The van der Waals surface area contributed by atoms with Crippen molar-refractivity contribution in [2.24, 2.45) is 5.73 Å². The molecule has 1 aromatic heterocycles. The fraction of sp³-hybridized carbons (Fsp3) is 0.375. The maximum atomic E-state index is 12.7. The van der Waals surface area contributed by atoms with Crippen LogP contribution in [-0.4, -0.2) is 50.9 Å². The number of aromatic nitrogens is 3. The molecule has 0 spiro atoms. The van der Waals surface area contributed by atoms with E-state index in [2.05, 4.69) is 10.3 Å². The average molecular weight is 364 g/mol. The van der Waals surface area contributed by atoms with Crippen LogP contribution in [0.25, 0.3) is 0 Å². The molecule has 2 aromatic rings. The minimum Gasteiger partial charge on any atom is -0.490 e. The SMILES string of the molecule is CC(C)Oc1ccc(Cl)cc1C(=O)N1CC(n2cc(C(N)=O)nn2)C1. The zero-order valence-electron chi connectivity index (χ0n) is 13.8. The van der Waals surface area contributed by atoms with Gasteiger partial charge in [-0.15, -0.1) is 5.10 Å². The van der Waals surface area contributed by atoms with Crippen molar-refractivity contribution >= 4 is 23.4 Å². The molecule has 8 nitrogen and oxygen atoms in total. The smallest absolute Gasteiger partial charge is 0.270 e. The number of likely N-dealkylation sites (tertiary alicyclic amines) is 1. The number of primary amides is 1. The maximum Gasteiger partial charge on any atom is 0.270 e. The normalized spacial score (nSPS) is 14.5. The van der Waals surface area contributed by atoms with Gasteiger partial charge in [0.1, 0.15) is 5.75 Å². The lowest BCUT2D eigenvalue weighted by Gasteiger charge is -2.39. The molecule has 2 N–H and O–H groups in total. The molecule has 1 aliphatic rings. The minimum absolute atomic E-state index is 0.0433. The van der Waals surface area contributed by atoms with E-state index in [1.807, 2.05) is 13.8 Å². The Kier molecular flexibility index (Phi) is 4.63. The van der Waals surface area contributed by atoms with Crippen molar-refractivity contribution in [2.75, 3.05) is 13.1 Å². The molecule has 1 fully saturated rings. The molecule has 0 aliphatic carbocycles. The summed E-state index contributed by atoms with van der Waals surface area (Å²) in [5, 5.41) is 8.05. The van der Waals surface area contributed by atoms with Crippen molar-refractivity contribution in [3.8, 4) is 5.75 Å². The number of rotatable bonds is 5. The summed E-state index contributed by atoms with van der Waals surface area (Å²) in [5.74, 6) is -0.290. The summed E-state index contributed by atoms with van der Waals surface area (Å²) < 4.78 is 7.25. The summed E-state index contributed by atoms with van der Waals surface area (Å²) in [6.45, 7) is 4.69. The van der Waals surface area contributed by atoms with Gasteiger partial charge in [0, 0.05) is 18.1 Å². The summed E-state index contributed by atoms with van der Waals surface area (Å²) in [4.78, 5) is 25.5. The van der Waals surface area contributed by atoms with Crippen LogP contribution in [0.1, 0.15) is 40.7 Å². The highest BCUT2D eigenvalue weighted by Gasteiger charge is 2.34. The van der Waals surface area contributed by atoms with E-state index >= 15 is 0 Å². The molecule has 0 bridgehead atoms. The quantitative estimate of drug-likeness (QED) is 0.867. The van der Waals surface area contributed by atoms with Gasteiger partial charge in [-0.25, -0.2) is 4.68 Å². The number of benzene rings is 1. The second kappa shape index (κ2) is 6.72. The molecule has 0 radical (unpaired) electrons. The van der Waals surface area contributed by atoms with Gasteiger partial charge in [-0.1, -0.05) is 16.8 Å². The molecule has 1 aromatic carbocycles. The number of carbonyl (C=O) groups excluding carboxylic acids is 2. The molecule has 1 saturated heterocycles. The van der Waals surface area contributed by atoms with Crippen molar-refractivity contribution in [2.45, 2.75) is 26.0 Å². The number of hydrogen-bond donors (Lipinski definition) is 1. The van der Waals surface area contributed by atoms with Crippen molar-refractivity contribution in [3.63, 3.8) is 0 Å². The van der Waals surface area contributed by atoms with Gasteiger partial charge in [0.2, 0.25) is 0 Å². The Labute approximate surface area is 149 Å². The van der Waals surface area contributed by atoms with Crippen LogP contribution < -0.4 is 10.5 Å². The highest BCUT2D eigenvalue weighted by Crippen LogP contribution is 2.29. The summed E-state index contributed by atoms with van der Waals surface area (Å²) >= 11 is 6.03. The Morgan fingerprint density at radius 1 is 1.36 bits per heavy atom. The number of ether oxygens (including phenoxy) is 1. The third kappa shape index (κ3) is 3.58. The molecule has 2 amide bonds. The van der Waals surface area contributed by atoms with Crippen LogP contribution in [0.15, 0.2) is 24.4 Å². The lowest BCUT2D eigenvalue weighted by molar-refractivity contribution is 0.0492. The summed E-state index contributed by atoms with van der Waals surface area (Å²) in [6.07, 6.45) is 1.43. The highest BCUT2D eigenvalue weighted by atomic mass is 35.5. The van der Waals surface area contributed by atoms with Gasteiger partial charge in [0.25, 0.3) is 11.8 Å². The zero-order valence-corrected chi connectivity index (χ0v) is 14.6. The van der Waals surface area contributed by atoms with Crippen molar-refractivity contribution in [1.29, 1.82) is 0 Å². The van der Waals surface area contributed by atoms with E-state index < -0.39 is 5.91 Å². The van der Waals surface area contributed by atoms with Crippen LogP contribution >= 0.6 is 11.6 Å². The fourth-order valence-corrected chi connectivity index (χ4v) is 2.73. The molecule has 9 heteroatoms. The van der Waals surface area contributed by atoms with Gasteiger partial charge in [-0.3, -0.25) is 9.59 Å². The van der Waals surface area contributed by atoms with E-state index in [1.54, 1.807) is 27.8 Å². The second-order valence-electron chi connectivity index (χ2n) is 6.12. The molecule has 0 saturated carbocycles. The lowest BCUT2D eigenvalue weighted by atomic mass is 10.1. The van der Waals surface area contributed by atoms with Crippen LogP contribution in [0.4, 0.5) is 0 Å². The van der Waals surface area contributed by atoms with Crippen molar-refractivity contribution < 1.29 is 14.3 Å². The number of amides is 2. The van der Waals surface area contributed by atoms with Gasteiger partial charge in [-0.05, 0) is 32.0 Å². The molecule has 0 atom stereocenters. The van der Waals surface area contributed by atoms with Crippen LogP contribution in [0.2, 0.25) is 5.02 Å². The molecule has 1 aliphatic heterocycles. The number of carbonyl (C=O) groups is 2. The Morgan fingerprint density at radius 2 is 2.08 bits per heavy atom. The Hall–Kier alpha value is -2.61. The minimum atomic E-state index is -0.632. The summed E-state index contributed by atoms with van der Waals surface area (Å²) in [7, 11) is 0. The fourth-order valence-electron chi connectivity index (χ4n) is 2.55. The van der Waals surface area contributed by atoms with Crippen LogP contribution in [0, 0.1) is 0 Å². The van der Waals surface area contributed by atoms with E-state index in [9.17, 15) is 9.59 Å². The molecule has 2 heterocycles. The number of hydrogen-bond acceptors (Lipinski definition) is 5. The second-order valence-corrected chi connectivity index (χ2v) is 6.56. The molecule has 132 valence electrons. The van der Waals surface area contributed by atoms with E-state index in [4.69, 9.17) is 22.1 Å². The van der Waals surface area contributed by atoms with E-state index in [-0.39, 0.29) is 23.7 Å². The zero-order chi connectivity index (χ0) is 18.1. The van der Waals surface area contributed by atoms with Gasteiger partial charge < -0.3 is 15.4 Å². The van der Waals surface area contributed by atoms with Gasteiger partial charge in [-0.2, -0.15) is 0 Å². The maximum absolute atomic E-state index is 12.7. The van der Waals surface area contributed by atoms with Crippen molar-refractivity contribution in [1.82, 2.24) is 19.9 Å². The van der Waals surface area contributed by atoms with E-state index in [0.717, 1.165) is 0 Å². The molecular weight excluding hydrogens is 346 g/mol. The standard InChI is InChI=1S/C16H18ClN5O3/c1-9(2)25-14-4-3-10(17)5-12(14)16(24)21-6-11(7-21)22-8-13(15(18)23)19-20-22/h3-5,8-9,11H,6-7H2,1-2H3,(H2,18,23). The first-order valence-electron chi connectivity index (χ1n) is 7.82. The van der Waals surface area contributed by atoms with E-state index in [0.29, 0.717) is 29.4 Å². The predicted octanol–water partition coefficient (Wildman–Crippen LogP) is 1.51. The van der Waals surface area contributed by atoms with Gasteiger partial charge in [0.05, 0.1) is 23.9 Å². The monoisotopic (exact) mass is 363 g/mol. The first-order valence-corrected chi connectivity index (χ1v) is 8.20. The first kappa shape index (κ1) is 17.2. The summed E-state index contributed by atoms with van der Waals surface area (Å²) in [5.41, 5.74) is 5.69. The van der Waals surface area contributed by atoms with Gasteiger partial charge >= 0.3 is 0 Å². The average Bonchev–Trinajstić information content (AvgIpc) is 2.96. The molecule has 0 unspecified atom stereocenters. The largest absolute Gasteiger partial charge is 0.490 e. The molecule has 3 rings (SSSR count). The molecule has 25 heavy (non-hydrogen) atoms. The third-order valence-corrected chi connectivity index (χ3v) is 4.06. The number of nitrogens with zero attached hydrogens (tertiary/aromatic N) is 4. The third-order valence-electron chi connectivity index (χ3n) is 3.82. The number of nitrogens with two attached hydrogens (primary N) is 1. The lowest BCUT2D eigenvalue weighted by Crippen LogP contribution is -2.51. The highest BCUT2D eigenvalue weighted by molar-refractivity contribution is 6.31. The number of halogens is 1. The summed E-state index contributed by atoms with van der Waals surface area (Å²) in [6, 6.07) is 4.95. The Bertz CT molecular complexity index is 814. The van der Waals surface area contributed by atoms with Crippen LogP contribution in [0.3, 0.4) is 0 Å². The Balaban J connectivity index is 1.71. The van der Waals surface area contributed by atoms with Crippen LogP contribution in [-0.2, 0) is 0 Å². The van der Waals surface area contributed by atoms with Gasteiger partial charge in [0.15, 0.2) is 5.69 Å². The molecular formula is C16H18ClN5O3. The van der Waals surface area contributed by atoms with Crippen molar-refractivity contribution in [3.05, 3.63) is 40.7 Å².